The molecule has 2 N–H and O–H groups in total. The van der Waals surface area contributed by atoms with Crippen LogP contribution >= 0.6 is 15.9 Å². The second-order valence-electron chi connectivity index (χ2n) is 4.29. The minimum atomic E-state index is -0.0894. The number of carbonyl (C=O) groups is 1. The highest BCUT2D eigenvalue weighted by molar-refractivity contribution is 9.10. The van der Waals surface area contributed by atoms with E-state index in [0.717, 1.165) is 5.76 Å². The maximum Gasteiger partial charge on any atom is 0.229 e. The van der Waals surface area contributed by atoms with Crippen molar-refractivity contribution in [2.24, 2.45) is 11.7 Å². The summed E-state index contributed by atoms with van der Waals surface area (Å²) in [6.45, 7) is 0.476. The van der Waals surface area contributed by atoms with Gasteiger partial charge >= 0.3 is 0 Å². The van der Waals surface area contributed by atoms with Gasteiger partial charge in [0.1, 0.15) is 5.76 Å². The lowest BCUT2D eigenvalue weighted by atomic mass is 10.1. The molecule has 0 aliphatic heterocycles. The van der Waals surface area contributed by atoms with E-state index in [1.54, 1.807) is 11.9 Å². The molecule has 1 aliphatic rings. The van der Waals surface area contributed by atoms with Crippen molar-refractivity contribution in [3.05, 3.63) is 34.7 Å². The first-order chi connectivity index (χ1) is 8.06. The van der Waals surface area contributed by atoms with E-state index in [0.29, 0.717) is 17.6 Å². The number of halogens is 1. The number of carbonyl (C=O) groups excluding carboxylic acids is 1. The number of hydrogen-bond acceptors (Lipinski definition) is 3. The van der Waals surface area contributed by atoms with Crippen molar-refractivity contribution in [3.8, 4) is 0 Å². The van der Waals surface area contributed by atoms with Gasteiger partial charge in [-0.2, -0.15) is 0 Å². The van der Waals surface area contributed by atoms with Gasteiger partial charge in [0.15, 0.2) is 4.67 Å². The van der Waals surface area contributed by atoms with Gasteiger partial charge < -0.3 is 15.1 Å². The number of furan rings is 1. The molecular formula is C12H15BrN2O2. The largest absolute Gasteiger partial charge is 0.452 e. The Morgan fingerprint density at radius 3 is 2.88 bits per heavy atom. The average molecular weight is 299 g/mol. The van der Waals surface area contributed by atoms with Crippen LogP contribution < -0.4 is 5.73 Å². The minimum Gasteiger partial charge on any atom is -0.452 e. The Bertz CT molecular complexity index is 441. The van der Waals surface area contributed by atoms with Crippen LogP contribution in [0.3, 0.4) is 0 Å². The summed E-state index contributed by atoms with van der Waals surface area (Å²) < 4.78 is 6.05. The highest BCUT2D eigenvalue weighted by atomic mass is 79.9. The molecule has 0 saturated carbocycles. The molecule has 2 rings (SSSR count). The van der Waals surface area contributed by atoms with Crippen LogP contribution in [0.4, 0.5) is 0 Å². The Labute approximate surface area is 109 Å². The van der Waals surface area contributed by atoms with Crippen LogP contribution in [-0.2, 0) is 11.3 Å². The molecule has 1 aliphatic carbocycles. The van der Waals surface area contributed by atoms with E-state index in [1.807, 2.05) is 24.3 Å². The van der Waals surface area contributed by atoms with E-state index in [4.69, 9.17) is 10.2 Å². The second-order valence-corrected chi connectivity index (χ2v) is 5.07. The summed E-state index contributed by atoms with van der Waals surface area (Å²) in [6.07, 6.45) is 4.48. The van der Waals surface area contributed by atoms with Gasteiger partial charge in [0.25, 0.3) is 0 Å². The summed E-state index contributed by atoms with van der Waals surface area (Å²) in [5, 5.41) is 0. The molecule has 17 heavy (non-hydrogen) atoms. The number of nitrogens with zero attached hydrogens (tertiary/aromatic N) is 1. The standard InChI is InChI=1S/C12H15BrN2O2/c1-15(7-10-4-5-11(13)17-10)12(16)8-2-3-9(14)6-8/h2-5,8-9H,6-7,14H2,1H3. The van der Waals surface area contributed by atoms with Crippen molar-refractivity contribution < 1.29 is 9.21 Å². The minimum absolute atomic E-state index is 0.00936. The van der Waals surface area contributed by atoms with Crippen LogP contribution in [0, 0.1) is 5.92 Å². The third-order valence-electron chi connectivity index (χ3n) is 2.83. The third-order valence-corrected chi connectivity index (χ3v) is 3.26. The Kier molecular flexibility index (Phi) is 3.69. The van der Waals surface area contributed by atoms with E-state index < -0.39 is 0 Å². The SMILES string of the molecule is CN(Cc1ccc(Br)o1)C(=O)C1C=CC(N)C1. The number of rotatable bonds is 3. The van der Waals surface area contributed by atoms with Crippen molar-refractivity contribution in [2.45, 2.75) is 19.0 Å². The first-order valence-corrected chi connectivity index (χ1v) is 6.28. The number of nitrogens with two attached hydrogens (primary N) is 1. The summed E-state index contributed by atoms with van der Waals surface area (Å²) in [6, 6.07) is 3.68. The maximum absolute atomic E-state index is 12.1. The number of amides is 1. The molecule has 2 atom stereocenters. The lowest BCUT2D eigenvalue weighted by molar-refractivity contribution is -0.133. The van der Waals surface area contributed by atoms with Crippen LogP contribution in [0.5, 0.6) is 0 Å². The summed E-state index contributed by atoms with van der Waals surface area (Å²) in [5.41, 5.74) is 5.74. The van der Waals surface area contributed by atoms with Crippen molar-refractivity contribution in [1.82, 2.24) is 4.90 Å². The summed E-state index contributed by atoms with van der Waals surface area (Å²) in [4.78, 5) is 13.7. The average Bonchev–Trinajstić information content (AvgIpc) is 2.87. The molecule has 1 aromatic heterocycles. The predicted molar refractivity (Wildman–Crippen MR) is 68.1 cm³/mol. The van der Waals surface area contributed by atoms with Gasteiger partial charge in [0, 0.05) is 13.1 Å². The second kappa shape index (κ2) is 5.06. The quantitative estimate of drug-likeness (QED) is 0.867. The monoisotopic (exact) mass is 298 g/mol. The van der Waals surface area contributed by atoms with Crippen molar-refractivity contribution >= 4 is 21.8 Å². The fraction of sp³-hybridized carbons (Fsp3) is 0.417. The van der Waals surface area contributed by atoms with Crippen molar-refractivity contribution in [3.63, 3.8) is 0 Å². The van der Waals surface area contributed by atoms with Gasteiger partial charge in [-0.25, -0.2) is 0 Å². The Balaban J connectivity index is 1.94. The molecule has 0 spiro atoms. The highest BCUT2D eigenvalue weighted by Gasteiger charge is 2.25. The topological polar surface area (TPSA) is 59.5 Å². The molecule has 0 radical (unpaired) electrons. The van der Waals surface area contributed by atoms with E-state index in [-0.39, 0.29) is 17.9 Å². The Morgan fingerprint density at radius 2 is 2.35 bits per heavy atom. The fourth-order valence-corrected chi connectivity index (χ4v) is 2.28. The predicted octanol–water partition coefficient (Wildman–Crippen LogP) is 1.90. The zero-order valence-electron chi connectivity index (χ0n) is 9.60. The molecule has 5 heteroatoms. The Morgan fingerprint density at radius 1 is 1.59 bits per heavy atom. The molecular weight excluding hydrogens is 284 g/mol. The molecule has 1 amide bonds. The molecule has 2 unspecified atom stereocenters. The molecule has 1 heterocycles. The van der Waals surface area contributed by atoms with Crippen molar-refractivity contribution in [1.29, 1.82) is 0 Å². The van der Waals surface area contributed by atoms with Gasteiger partial charge in [-0.15, -0.1) is 0 Å². The lowest BCUT2D eigenvalue weighted by Gasteiger charge is -2.19. The summed E-state index contributed by atoms with van der Waals surface area (Å²) >= 11 is 3.24. The van der Waals surface area contributed by atoms with Gasteiger partial charge in [-0.3, -0.25) is 4.79 Å². The first-order valence-electron chi connectivity index (χ1n) is 5.49. The smallest absolute Gasteiger partial charge is 0.229 e. The molecule has 0 aromatic carbocycles. The molecule has 0 fully saturated rings. The van der Waals surface area contributed by atoms with Crippen LogP contribution in [0.15, 0.2) is 33.4 Å². The van der Waals surface area contributed by atoms with Crippen LogP contribution in [0.2, 0.25) is 0 Å². The van der Waals surface area contributed by atoms with E-state index in [9.17, 15) is 4.79 Å². The Hall–Kier alpha value is -1.07. The first kappa shape index (κ1) is 12.4. The molecule has 1 aromatic rings. The van der Waals surface area contributed by atoms with Crippen LogP contribution in [0.25, 0.3) is 0 Å². The zero-order chi connectivity index (χ0) is 12.4. The lowest BCUT2D eigenvalue weighted by Crippen LogP contribution is -2.32. The molecule has 4 nitrogen and oxygen atoms in total. The van der Waals surface area contributed by atoms with E-state index in [1.165, 1.54) is 0 Å². The van der Waals surface area contributed by atoms with E-state index >= 15 is 0 Å². The molecule has 0 bridgehead atoms. The zero-order valence-corrected chi connectivity index (χ0v) is 11.2. The van der Waals surface area contributed by atoms with Gasteiger partial charge in [-0.05, 0) is 34.5 Å². The fourth-order valence-electron chi connectivity index (χ4n) is 1.94. The molecule has 92 valence electrons. The maximum atomic E-state index is 12.1. The normalized spacial score (nSPS) is 23.0. The van der Waals surface area contributed by atoms with Crippen LogP contribution in [-0.4, -0.2) is 23.9 Å². The van der Waals surface area contributed by atoms with E-state index in [2.05, 4.69) is 15.9 Å². The third kappa shape index (κ3) is 2.98. The van der Waals surface area contributed by atoms with Crippen LogP contribution in [0.1, 0.15) is 12.2 Å². The van der Waals surface area contributed by atoms with Gasteiger partial charge in [0.05, 0.1) is 12.5 Å². The number of hydrogen-bond donors (Lipinski definition) is 1. The van der Waals surface area contributed by atoms with Crippen molar-refractivity contribution in [2.75, 3.05) is 7.05 Å². The summed E-state index contributed by atoms with van der Waals surface area (Å²) in [5.74, 6) is 0.758. The highest BCUT2D eigenvalue weighted by Crippen LogP contribution is 2.20. The summed E-state index contributed by atoms with van der Waals surface area (Å²) in [7, 11) is 1.77. The van der Waals surface area contributed by atoms with Gasteiger partial charge in [-0.1, -0.05) is 12.2 Å². The molecule has 0 saturated heterocycles. The van der Waals surface area contributed by atoms with Gasteiger partial charge in [0.2, 0.25) is 5.91 Å².